The molecule has 0 aliphatic carbocycles. The SMILES string of the molecule is CC(C)Cn1cc(C2CC(=O)N(CC3(O)CCN(C(=O)C[C@@H](C)c4ccccc4)CC3)CN2)cn1. The van der Waals surface area contributed by atoms with Crippen LogP contribution in [0.25, 0.3) is 0 Å². The van der Waals surface area contributed by atoms with Gasteiger partial charge < -0.3 is 14.9 Å². The fourth-order valence-electron chi connectivity index (χ4n) is 5.07. The molecule has 2 N–H and O–H groups in total. The van der Waals surface area contributed by atoms with E-state index in [1.54, 1.807) is 4.90 Å². The number of carbonyl (C=O) groups is 2. The first-order chi connectivity index (χ1) is 16.7. The lowest BCUT2D eigenvalue weighted by atomic mass is 9.89. The van der Waals surface area contributed by atoms with Crippen LogP contribution in [0.1, 0.15) is 69.5 Å². The molecular weight excluding hydrogens is 442 g/mol. The Labute approximate surface area is 208 Å². The summed E-state index contributed by atoms with van der Waals surface area (Å²) in [5.41, 5.74) is 1.22. The first-order valence-electron chi connectivity index (χ1n) is 12.8. The molecule has 2 amide bonds. The van der Waals surface area contributed by atoms with Crippen molar-refractivity contribution in [1.29, 1.82) is 0 Å². The summed E-state index contributed by atoms with van der Waals surface area (Å²) < 4.78 is 1.93. The monoisotopic (exact) mass is 481 g/mol. The van der Waals surface area contributed by atoms with E-state index < -0.39 is 5.60 Å². The van der Waals surface area contributed by atoms with E-state index in [4.69, 9.17) is 0 Å². The Balaban J connectivity index is 1.25. The van der Waals surface area contributed by atoms with Crippen molar-refractivity contribution in [2.45, 2.75) is 70.6 Å². The summed E-state index contributed by atoms with van der Waals surface area (Å²) in [5, 5.41) is 19.0. The summed E-state index contributed by atoms with van der Waals surface area (Å²) in [6, 6.07) is 10.0. The van der Waals surface area contributed by atoms with E-state index in [9.17, 15) is 14.7 Å². The Hall–Kier alpha value is -2.71. The number of likely N-dealkylation sites (tertiary alicyclic amines) is 1. The summed E-state index contributed by atoms with van der Waals surface area (Å²) in [6.07, 6.45) is 5.63. The molecule has 1 unspecified atom stereocenters. The second-order valence-corrected chi connectivity index (χ2v) is 10.7. The molecular formula is C27H39N5O3. The van der Waals surface area contributed by atoms with Crippen molar-refractivity contribution in [1.82, 2.24) is 24.9 Å². The van der Waals surface area contributed by atoms with E-state index in [-0.39, 0.29) is 23.8 Å². The standard InChI is InChI=1S/C27H39N5O3/c1-20(2)16-32-17-23(15-29-32)24-14-26(34)31(19-28-24)18-27(35)9-11-30(12-10-27)25(33)13-21(3)22-7-5-4-6-8-22/h4-8,15,17,20-21,24,28,35H,9-14,16,18-19H2,1-3H3/t21-,24?/m1/s1. The van der Waals surface area contributed by atoms with E-state index in [1.165, 1.54) is 0 Å². The molecule has 2 saturated heterocycles. The maximum absolute atomic E-state index is 12.9. The van der Waals surface area contributed by atoms with Crippen LogP contribution in [0.3, 0.4) is 0 Å². The number of carbonyl (C=O) groups excluding carboxylic acids is 2. The molecule has 8 heteroatoms. The molecule has 1 aromatic heterocycles. The highest BCUT2D eigenvalue weighted by Gasteiger charge is 2.38. The van der Waals surface area contributed by atoms with Crippen LogP contribution in [0.5, 0.6) is 0 Å². The van der Waals surface area contributed by atoms with Crippen LogP contribution in [0, 0.1) is 5.92 Å². The minimum absolute atomic E-state index is 0.0361. The van der Waals surface area contributed by atoms with Crippen molar-refractivity contribution in [2.75, 3.05) is 26.3 Å². The Morgan fingerprint density at radius 3 is 2.57 bits per heavy atom. The molecule has 2 fully saturated rings. The Bertz CT molecular complexity index is 997. The fraction of sp³-hybridized carbons (Fsp3) is 0.593. The molecule has 0 radical (unpaired) electrons. The lowest BCUT2D eigenvalue weighted by Gasteiger charge is -2.43. The molecule has 2 aliphatic heterocycles. The van der Waals surface area contributed by atoms with Gasteiger partial charge in [0, 0.05) is 50.3 Å². The first-order valence-corrected chi connectivity index (χ1v) is 12.8. The molecule has 8 nitrogen and oxygen atoms in total. The zero-order valence-electron chi connectivity index (χ0n) is 21.2. The Kier molecular flexibility index (Phi) is 7.91. The predicted molar refractivity (Wildman–Crippen MR) is 134 cm³/mol. The van der Waals surface area contributed by atoms with Crippen molar-refractivity contribution in [2.24, 2.45) is 5.92 Å². The van der Waals surface area contributed by atoms with E-state index in [0.717, 1.165) is 17.7 Å². The zero-order chi connectivity index (χ0) is 25.0. The largest absolute Gasteiger partial charge is 0.388 e. The number of benzene rings is 1. The van der Waals surface area contributed by atoms with Gasteiger partial charge >= 0.3 is 0 Å². The highest BCUT2D eigenvalue weighted by molar-refractivity contribution is 5.78. The summed E-state index contributed by atoms with van der Waals surface area (Å²) in [5.74, 6) is 0.829. The summed E-state index contributed by atoms with van der Waals surface area (Å²) in [6.45, 7) is 8.96. The van der Waals surface area contributed by atoms with E-state index in [1.807, 2.05) is 40.2 Å². The molecule has 3 heterocycles. The maximum atomic E-state index is 12.9. The molecule has 0 bridgehead atoms. The number of aromatic nitrogens is 2. The molecule has 2 atom stereocenters. The number of rotatable bonds is 8. The molecule has 0 spiro atoms. The predicted octanol–water partition coefficient (Wildman–Crippen LogP) is 2.91. The van der Waals surface area contributed by atoms with Crippen molar-refractivity contribution >= 4 is 11.8 Å². The van der Waals surface area contributed by atoms with Crippen LogP contribution in [0.4, 0.5) is 0 Å². The smallest absolute Gasteiger partial charge is 0.225 e. The maximum Gasteiger partial charge on any atom is 0.225 e. The molecule has 0 saturated carbocycles. The Morgan fingerprint density at radius 1 is 1.20 bits per heavy atom. The van der Waals surface area contributed by atoms with Crippen LogP contribution in [-0.4, -0.2) is 68.4 Å². The topological polar surface area (TPSA) is 90.7 Å². The van der Waals surface area contributed by atoms with Gasteiger partial charge in [-0.15, -0.1) is 0 Å². The van der Waals surface area contributed by atoms with Gasteiger partial charge in [0.05, 0.1) is 25.0 Å². The van der Waals surface area contributed by atoms with Crippen LogP contribution in [0.15, 0.2) is 42.7 Å². The highest BCUT2D eigenvalue weighted by Crippen LogP contribution is 2.28. The average molecular weight is 482 g/mol. The zero-order valence-corrected chi connectivity index (χ0v) is 21.2. The van der Waals surface area contributed by atoms with Gasteiger partial charge in [0.2, 0.25) is 11.8 Å². The summed E-state index contributed by atoms with van der Waals surface area (Å²) >= 11 is 0. The van der Waals surface area contributed by atoms with Gasteiger partial charge in [-0.25, -0.2) is 0 Å². The third-order valence-corrected chi connectivity index (χ3v) is 7.25. The molecule has 1 aromatic carbocycles. The minimum atomic E-state index is -0.964. The van der Waals surface area contributed by atoms with Gasteiger partial charge in [0.15, 0.2) is 0 Å². The normalized spacial score (nSPS) is 21.4. The fourth-order valence-corrected chi connectivity index (χ4v) is 5.07. The average Bonchev–Trinajstić information content (AvgIpc) is 3.29. The van der Waals surface area contributed by atoms with Gasteiger partial charge in [-0.3, -0.25) is 19.6 Å². The lowest BCUT2D eigenvalue weighted by molar-refractivity contribution is -0.144. The number of aliphatic hydroxyl groups is 1. The van der Waals surface area contributed by atoms with Crippen molar-refractivity contribution < 1.29 is 14.7 Å². The number of β-amino-alcohol motifs (C(OH)–C–C–N with tert-alkyl or cyclic N) is 1. The van der Waals surface area contributed by atoms with E-state index in [2.05, 4.69) is 43.3 Å². The van der Waals surface area contributed by atoms with Gasteiger partial charge in [0.1, 0.15) is 0 Å². The number of amides is 2. The van der Waals surface area contributed by atoms with Crippen LogP contribution < -0.4 is 5.32 Å². The third kappa shape index (κ3) is 6.49. The quantitative estimate of drug-likeness (QED) is 0.605. The van der Waals surface area contributed by atoms with Crippen molar-refractivity contribution in [3.8, 4) is 0 Å². The van der Waals surface area contributed by atoms with Crippen molar-refractivity contribution in [3.05, 3.63) is 53.9 Å². The summed E-state index contributed by atoms with van der Waals surface area (Å²) in [7, 11) is 0. The lowest BCUT2D eigenvalue weighted by Crippen LogP contribution is -2.56. The van der Waals surface area contributed by atoms with Crippen LogP contribution in [-0.2, 0) is 16.1 Å². The number of nitrogens with zero attached hydrogens (tertiary/aromatic N) is 4. The highest BCUT2D eigenvalue weighted by atomic mass is 16.3. The second-order valence-electron chi connectivity index (χ2n) is 10.7. The third-order valence-electron chi connectivity index (χ3n) is 7.25. The first kappa shape index (κ1) is 25.4. The molecule has 35 heavy (non-hydrogen) atoms. The number of piperidine rings is 1. The molecule has 2 aromatic rings. The van der Waals surface area contributed by atoms with Crippen LogP contribution in [0.2, 0.25) is 0 Å². The molecule has 2 aliphatic rings. The van der Waals surface area contributed by atoms with Gasteiger partial charge in [0.25, 0.3) is 0 Å². The molecule has 190 valence electrons. The summed E-state index contributed by atoms with van der Waals surface area (Å²) in [4.78, 5) is 29.3. The number of nitrogens with one attached hydrogen (secondary N) is 1. The van der Waals surface area contributed by atoms with Crippen molar-refractivity contribution in [3.63, 3.8) is 0 Å². The van der Waals surface area contributed by atoms with E-state index >= 15 is 0 Å². The van der Waals surface area contributed by atoms with Gasteiger partial charge in [-0.2, -0.15) is 5.10 Å². The number of hydrogen-bond acceptors (Lipinski definition) is 5. The molecule has 4 rings (SSSR count). The minimum Gasteiger partial charge on any atom is -0.388 e. The van der Waals surface area contributed by atoms with Gasteiger partial charge in [-0.1, -0.05) is 51.1 Å². The second kappa shape index (κ2) is 10.9. The van der Waals surface area contributed by atoms with Gasteiger partial charge in [-0.05, 0) is 30.2 Å². The van der Waals surface area contributed by atoms with E-state index in [0.29, 0.717) is 57.9 Å². The Morgan fingerprint density at radius 2 is 1.91 bits per heavy atom. The number of hydrogen-bond donors (Lipinski definition) is 2. The van der Waals surface area contributed by atoms with Crippen LogP contribution >= 0.6 is 0 Å².